The van der Waals surface area contributed by atoms with Gasteiger partial charge in [0, 0.05) is 13.7 Å². The highest BCUT2D eigenvalue weighted by molar-refractivity contribution is 9.10. The van der Waals surface area contributed by atoms with Crippen molar-refractivity contribution in [1.29, 1.82) is 0 Å². The molecule has 13 heavy (non-hydrogen) atoms. The number of halogens is 1. The van der Waals surface area contributed by atoms with E-state index in [1.807, 2.05) is 12.2 Å². The zero-order chi connectivity index (χ0) is 9.73. The minimum absolute atomic E-state index is 0.657. The van der Waals surface area contributed by atoms with Gasteiger partial charge in [-0.3, -0.25) is 5.73 Å². The molecule has 4 nitrogen and oxygen atoms in total. The normalized spacial score (nSPS) is 26.5. The Hall–Kier alpha value is -0.520. The monoisotopic (exact) mass is 247 g/mol. The van der Waals surface area contributed by atoms with E-state index in [1.165, 1.54) is 0 Å². The second-order valence-corrected chi connectivity index (χ2v) is 3.97. The number of alkyl halides is 1. The summed E-state index contributed by atoms with van der Waals surface area (Å²) in [5, 5.41) is 6.14. The van der Waals surface area contributed by atoms with E-state index in [1.54, 1.807) is 13.3 Å². The smallest absolute Gasteiger partial charge is 0.184 e. The number of hydrogen-bond acceptors (Lipinski definition) is 4. The van der Waals surface area contributed by atoms with Crippen LogP contribution >= 0.6 is 15.9 Å². The van der Waals surface area contributed by atoms with E-state index >= 15 is 0 Å². The molecular weight excluding hydrogens is 234 g/mol. The van der Waals surface area contributed by atoms with Gasteiger partial charge in [0.05, 0.1) is 12.3 Å². The molecule has 1 aliphatic rings. The van der Waals surface area contributed by atoms with Crippen LogP contribution < -0.4 is 16.4 Å². The fourth-order valence-electron chi connectivity index (χ4n) is 0.988. The third-order valence-electron chi connectivity index (χ3n) is 1.67. The van der Waals surface area contributed by atoms with Gasteiger partial charge in [-0.15, -0.1) is 0 Å². The number of dihydropyridines is 1. The Morgan fingerprint density at radius 1 is 1.77 bits per heavy atom. The van der Waals surface area contributed by atoms with Crippen LogP contribution in [0.4, 0.5) is 0 Å². The standard InChI is InChI=1S/C8H14BrN3O/c1-13-6-5-11-7-3-2-4-12-8(7,9)10/h2-4,11-12H,5-6,10H2,1H3. The summed E-state index contributed by atoms with van der Waals surface area (Å²) in [6.45, 7) is 1.40. The fraction of sp³-hybridized carbons (Fsp3) is 0.500. The van der Waals surface area contributed by atoms with Gasteiger partial charge in [-0.25, -0.2) is 0 Å². The van der Waals surface area contributed by atoms with Crippen LogP contribution in [-0.2, 0) is 4.74 Å². The Kier molecular flexibility index (Phi) is 3.77. The quantitative estimate of drug-likeness (QED) is 0.378. The summed E-state index contributed by atoms with van der Waals surface area (Å²) in [4.78, 5) is 0. The van der Waals surface area contributed by atoms with Crippen LogP contribution in [-0.4, -0.2) is 24.8 Å². The molecule has 4 N–H and O–H groups in total. The average molecular weight is 248 g/mol. The molecule has 5 heteroatoms. The minimum Gasteiger partial charge on any atom is -0.383 e. The lowest BCUT2D eigenvalue weighted by molar-refractivity contribution is 0.201. The number of ether oxygens (including phenoxy) is 1. The summed E-state index contributed by atoms with van der Waals surface area (Å²) >= 11 is 3.35. The van der Waals surface area contributed by atoms with Crippen molar-refractivity contribution in [2.24, 2.45) is 5.73 Å². The Bertz CT molecular complexity index is 225. The molecular formula is C8H14BrN3O. The summed E-state index contributed by atoms with van der Waals surface area (Å²) in [6, 6.07) is 0. The number of nitrogens with one attached hydrogen (secondary N) is 2. The average Bonchev–Trinajstić information content (AvgIpc) is 2.08. The maximum atomic E-state index is 5.89. The predicted octanol–water partition coefficient (Wildman–Crippen LogP) is 0.231. The van der Waals surface area contributed by atoms with Crippen LogP contribution in [0.5, 0.6) is 0 Å². The molecule has 1 atom stereocenters. The highest BCUT2D eigenvalue weighted by atomic mass is 79.9. The van der Waals surface area contributed by atoms with E-state index in [9.17, 15) is 0 Å². The third kappa shape index (κ3) is 3.02. The van der Waals surface area contributed by atoms with Crippen LogP contribution in [0.25, 0.3) is 0 Å². The number of nitrogens with two attached hydrogens (primary N) is 1. The van der Waals surface area contributed by atoms with Gasteiger partial charge in [0.15, 0.2) is 4.57 Å². The number of rotatable bonds is 4. The van der Waals surface area contributed by atoms with Gasteiger partial charge in [0.1, 0.15) is 0 Å². The molecule has 0 aromatic carbocycles. The van der Waals surface area contributed by atoms with Crippen LogP contribution in [0.2, 0.25) is 0 Å². The zero-order valence-electron chi connectivity index (χ0n) is 7.51. The molecule has 0 saturated heterocycles. The Morgan fingerprint density at radius 2 is 2.54 bits per heavy atom. The van der Waals surface area contributed by atoms with Crippen molar-refractivity contribution in [3.05, 3.63) is 24.0 Å². The van der Waals surface area contributed by atoms with Gasteiger partial charge in [-0.2, -0.15) is 0 Å². The second kappa shape index (κ2) is 4.64. The van der Waals surface area contributed by atoms with Gasteiger partial charge < -0.3 is 15.4 Å². The lowest BCUT2D eigenvalue weighted by Crippen LogP contribution is -2.52. The van der Waals surface area contributed by atoms with E-state index in [0.29, 0.717) is 6.61 Å². The van der Waals surface area contributed by atoms with Crippen LogP contribution in [0.15, 0.2) is 24.0 Å². The van der Waals surface area contributed by atoms with E-state index in [0.717, 1.165) is 12.2 Å². The lowest BCUT2D eigenvalue weighted by Gasteiger charge is -2.29. The minimum atomic E-state index is -0.685. The van der Waals surface area contributed by atoms with Gasteiger partial charge in [0.25, 0.3) is 0 Å². The third-order valence-corrected chi connectivity index (χ3v) is 2.32. The molecule has 74 valence electrons. The van der Waals surface area contributed by atoms with Crippen molar-refractivity contribution in [3.63, 3.8) is 0 Å². The van der Waals surface area contributed by atoms with Gasteiger partial charge >= 0.3 is 0 Å². The maximum absolute atomic E-state index is 5.89. The summed E-state index contributed by atoms with van der Waals surface area (Å²) in [5.74, 6) is 0. The van der Waals surface area contributed by atoms with E-state index in [-0.39, 0.29) is 0 Å². The van der Waals surface area contributed by atoms with Crippen LogP contribution in [0, 0.1) is 0 Å². The van der Waals surface area contributed by atoms with Crippen molar-refractivity contribution in [2.45, 2.75) is 4.57 Å². The molecule has 1 unspecified atom stereocenters. The largest absolute Gasteiger partial charge is 0.383 e. The molecule has 0 amide bonds. The molecule has 0 fully saturated rings. The Morgan fingerprint density at radius 3 is 3.15 bits per heavy atom. The maximum Gasteiger partial charge on any atom is 0.184 e. The first-order valence-electron chi connectivity index (χ1n) is 4.02. The molecule has 1 rings (SSSR count). The highest BCUT2D eigenvalue weighted by Crippen LogP contribution is 2.18. The van der Waals surface area contributed by atoms with Crippen molar-refractivity contribution in [3.8, 4) is 0 Å². The second-order valence-electron chi connectivity index (χ2n) is 2.72. The first-order chi connectivity index (χ1) is 6.17. The van der Waals surface area contributed by atoms with Crippen molar-refractivity contribution >= 4 is 15.9 Å². The molecule has 0 aliphatic carbocycles. The van der Waals surface area contributed by atoms with E-state index in [4.69, 9.17) is 10.5 Å². The summed E-state index contributed by atoms with van der Waals surface area (Å²) in [5.41, 5.74) is 6.78. The SMILES string of the molecule is COCCNC1=CC=CNC1(N)Br. The zero-order valence-corrected chi connectivity index (χ0v) is 9.10. The topological polar surface area (TPSA) is 59.3 Å². The van der Waals surface area contributed by atoms with Crippen LogP contribution in [0.1, 0.15) is 0 Å². The Balaban J connectivity index is 2.46. The molecule has 0 radical (unpaired) electrons. The molecule has 0 saturated carbocycles. The van der Waals surface area contributed by atoms with Crippen LogP contribution in [0.3, 0.4) is 0 Å². The van der Waals surface area contributed by atoms with Gasteiger partial charge in [-0.1, -0.05) is 0 Å². The summed E-state index contributed by atoms with van der Waals surface area (Å²) in [7, 11) is 1.67. The van der Waals surface area contributed by atoms with Gasteiger partial charge in [-0.05, 0) is 34.3 Å². The van der Waals surface area contributed by atoms with Gasteiger partial charge in [0.2, 0.25) is 0 Å². The number of hydrogen-bond donors (Lipinski definition) is 3. The summed E-state index contributed by atoms with van der Waals surface area (Å²) in [6.07, 6.45) is 5.60. The number of allylic oxidation sites excluding steroid dienone is 2. The van der Waals surface area contributed by atoms with E-state index < -0.39 is 4.57 Å². The lowest BCUT2D eigenvalue weighted by atomic mass is 10.2. The van der Waals surface area contributed by atoms with Crippen molar-refractivity contribution in [1.82, 2.24) is 10.6 Å². The molecule has 0 aromatic rings. The Labute approximate surface area is 86.3 Å². The van der Waals surface area contributed by atoms with Crippen molar-refractivity contribution < 1.29 is 4.74 Å². The van der Waals surface area contributed by atoms with E-state index in [2.05, 4.69) is 26.6 Å². The predicted molar refractivity (Wildman–Crippen MR) is 56.1 cm³/mol. The molecule has 1 aliphatic heterocycles. The van der Waals surface area contributed by atoms with Crippen molar-refractivity contribution in [2.75, 3.05) is 20.3 Å². The molecule has 0 bridgehead atoms. The molecule has 0 aromatic heterocycles. The molecule has 0 spiro atoms. The fourth-order valence-corrected chi connectivity index (χ4v) is 1.39. The number of methoxy groups -OCH3 is 1. The highest BCUT2D eigenvalue weighted by Gasteiger charge is 2.25. The molecule has 1 heterocycles. The first-order valence-corrected chi connectivity index (χ1v) is 4.82. The summed E-state index contributed by atoms with van der Waals surface area (Å²) < 4.78 is 4.23. The first kappa shape index (κ1) is 10.6.